The predicted molar refractivity (Wildman–Crippen MR) is 189 cm³/mol. The third-order valence-electron chi connectivity index (χ3n) is 10.0. The maximum Gasteiger partial charge on any atom is 0.135 e. The van der Waals surface area contributed by atoms with E-state index in [2.05, 4.69) is 0 Å². The molecule has 2 heterocycles. The van der Waals surface area contributed by atoms with Crippen molar-refractivity contribution >= 4 is 0 Å². The Hall–Kier alpha value is -6.52. The van der Waals surface area contributed by atoms with Gasteiger partial charge in [-0.3, -0.25) is 0 Å². The molecular formula is C42H34O10. The van der Waals surface area contributed by atoms with Gasteiger partial charge in [0.15, 0.2) is 0 Å². The van der Waals surface area contributed by atoms with Crippen molar-refractivity contribution in [3.05, 3.63) is 160 Å². The van der Waals surface area contributed by atoms with E-state index in [9.17, 15) is 40.9 Å². The molecule has 6 atom stereocenters. The molecule has 0 bridgehead atoms. The van der Waals surface area contributed by atoms with Gasteiger partial charge in [-0.05, 0) is 94.5 Å². The fourth-order valence-corrected chi connectivity index (χ4v) is 7.81. The molecule has 0 saturated carbocycles. The minimum absolute atomic E-state index is 0.0536. The summed E-state index contributed by atoms with van der Waals surface area (Å²) < 4.78 is 13.4. The molecule has 8 N–H and O–H groups in total. The average molecular weight is 699 g/mol. The molecule has 0 radical (unpaired) electrons. The van der Waals surface area contributed by atoms with Crippen LogP contribution in [0.3, 0.4) is 0 Å². The zero-order chi connectivity index (χ0) is 36.3. The summed E-state index contributed by atoms with van der Waals surface area (Å²) in [6.45, 7) is 0. The molecule has 0 spiro atoms. The third kappa shape index (κ3) is 5.88. The topological polar surface area (TPSA) is 180 Å². The van der Waals surface area contributed by atoms with Gasteiger partial charge in [-0.2, -0.15) is 0 Å². The standard InChI is InChI=1S/C42H34O10/c43-26-7-1-21(2-8-26)40-37(24-13-29(46)17-30(47)14-24)34-19-33(35(50)20-36(34)51-40)39-38(25-15-31(48)18-32(49)16-25)41(22-3-9-27(44)10-4-22)52-42(39)23-5-11-28(45)12-6-23/h1-20,37-50H/t37-,38+,39-,40+,41-,42-/m1/s1. The van der Waals surface area contributed by atoms with Gasteiger partial charge in [-0.25, -0.2) is 0 Å². The van der Waals surface area contributed by atoms with Crippen LogP contribution in [0.25, 0.3) is 0 Å². The minimum atomic E-state index is -0.740. The Morgan fingerprint density at radius 2 is 0.769 bits per heavy atom. The van der Waals surface area contributed by atoms with Crippen LogP contribution in [-0.2, 0) is 4.74 Å². The summed E-state index contributed by atoms with van der Waals surface area (Å²) in [5.74, 6) is -2.10. The van der Waals surface area contributed by atoms with E-state index >= 15 is 0 Å². The maximum absolute atomic E-state index is 11.9. The third-order valence-corrected chi connectivity index (χ3v) is 10.0. The Morgan fingerprint density at radius 3 is 1.25 bits per heavy atom. The molecule has 52 heavy (non-hydrogen) atoms. The molecule has 1 saturated heterocycles. The molecule has 2 aliphatic rings. The first-order valence-corrected chi connectivity index (χ1v) is 16.6. The molecule has 2 aliphatic heterocycles. The number of phenols is 8. The van der Waals surface area contributed by atoms with Crippen molar-refractivity contribution in [2.45, 2.75) is 36.1 Å². The minimum Gasteiger partial charge on any atom is -0.508 e. The normalized spacial score (nSPS) is 22.2. The van der Waals surface area contributed by atoms with E-state index in [1.807, 2.05) is 6.07 Å². The van der Waals surface area contributed by atoms with E-state index in [1.165, 1.54) is 18.2 Å². The van der Waals surface area contributed by atoms with E-state index in [-0.39, 0.29) is 46.0 Å². The number of aromatic hydroxyl groups is 8. The van der Waals surface area contributed by atoms with E-state index in [0.29, 0.717) is 44.7 Å². The molecule has 10 heteroatoms. The zero-order valence-corrected chi connectivity index (χ0v) is 27.4. The fraction of sp³-hybridized carbons (Fsp3) is 0.143. The summed E-state index contributed by atoms with van der Waals surface area (Å²) in [5.41, 5.74) is 4.25. The summed E-state index contributed by atoms with van der Waals surface area (Å²) in [7, 11) is 0. The summed E-state index contributed by atoms with van der Waals surface area (Å²) >= 11 is 0. The van der Waals surface area contributed by atoms with Gasteiger partial charge in [0, 0.05) is 41.2 Å². The number of hydrogen-bond donors (Lipinski definition) is 8. The van der Waals surface area contributed by atoms with Crippen LogP contribution in [0.15, 0.2) is 121 Å². The lowest BCUT2D eigenvalue weighted by molar-refractivity contribution is 0.0365. The Morgan fingerprint density at radius 1 is 0.346 bits per heavy atom. The Balaban J connectivity index is 1.35. The van der Waals surface area contributed by atoms with Gasteiger partial charge in [0.05, 0.1) is 18.1 Å². The molecule has 0 aromatic heterocycles. The highest BCUT2D eigenvalue weighted by molar-refractivity contribution is 5.59. The van der Waals surface area contributed by atoms with Crippen LogP contribution < -0.4 is 4.74 Å². The highest BCUT2D eigenvalue weighted by Crippen LogP contribution is 2.62. The monoisotopic (exact) mass is 698 g/mol. The smallest absolute Gasteiger partial charge is 0.135 e. The number of benzene rings is 6. The van der Waals surface area contributed by atoms with Crippen LogP contribution >= 0.6 is 0 Å². The maximum atomic E-state index is 11.9. The molecule has 10 nitrogen and oxygen atoms in total. The van der Waals surface area contributed by atoms with Crippen LogP contribution in [0.5, 0.6) is 51.7 Å². The van der Waals surface area contributed by atoms with Gasteiger partial charge in [0.1, 0.15) is 57.8 Å². The molecule has 0 unspecified atom stereocenters. The highest BCUT2D eigenvalue weighted by atomic mass is 16.5. The van der Waals surface area contributed by atoms with Crippen LogP contribution in [0.4, 0.5) is 0 Å². The van der Waals surface area contributed by atoms with Crippen molar-refractivity contribution in [2.75, 3.05) is 0 Å². The van der Waals surface area contributed by atoms with E-state index in [0.717, 1.165) is 0 Å². The lowest BCUT2D eigenvalue weighted by Crippen LogP contribution is -2.15. The summed E-state index contributed by atoms with van der Waals surface area (Å²) in [6.07, 6.45) is -2.13. The van der Waals surface area contributed by atoms with Crippen molar-refractivity contribution in [2.24, 2.45) is 0 Å². The van der Waals surface area contributed by atoms with Crippen molar-refractivity contribution < 1.29 is 50.3 Å². The zero-order valence-electron chi connectivity index (χ0n) is 27.4. The van der Waals surface area contributed by atoms with Gasteiger partial charge in [-0.15, -0.1) is 0 Å². The van der Waals surface area contributed by atoms with E-state index < -0.39 is 36.1 Å². The summed E-state index contributed by atoms with van der Waals surface area (Å²) in [5, 5.41) is 84.7. The van der Waals surface area contributed by atoms with Gasteiger partial charge >= 0.3 is 0 Å². The first kappa shape index (κ1) is 32.7. The van der Waals surface area contributed by atoms with Gasteiger partial charge in [-0.1, -0.05) is 36.4 Å². The molecule has 262 valence electrons. The van der Waals surface area contributed by atoms with Gasteiger partial charge in [0.25, 0.3) is 0 Å². The number of fused-ring (bicyclic) bond motifs is 1. The lowest BCUT2D eigenvalue weighted by atomic mass is 9.73. The van der Waals surface area contributed by atoms with Crippen molar-refractivity contribution in [1.29, 1.82) is 0 Å². The summed E-state index contributed by atoms with van der Waals surface area (Å²) in [4.78, 5) is 0. The number of ether oxygens (including phenoxy) is 2. The Labute approximate surface area is 297 Å². The number of hydrogen-bond acceptors (Lipinski definition) is 10. The fourth-order valence-electron chi connectivity index (χ4n) is 7.81. The first-order chi connectivity index (χ1) is 25.0. The largest absolute Gasteiger partial charge is 0.508 e. The van der Waals surface area contributed by atoms with Crippen molar-refractivity contribution in [1.82, 2.24) is 0 Å². The lowest BCUT2D eigenvalue weighted by Gasteiger charge is -2.27. The van der Waals surface area contributed by atoms with E-state index in [4.69, 9.17) is 9.47 Å². The Kier molecular flexibility index (Phi) is 7.96. The second-order valence-electron chi connectivity index (χ2n) is 13.3. The SMILES string of the molecule is Oc1ccc([C@H]2O[C@H](c3ccc(O)cc3)[C@@H](c3cc(O)cc(O)c3)[C@H]2c2cc3c(cc2O)O[C@@H](c2ccc(O)cc2)[C@@H]3c2cc(O)cc(O)c2)cc1. The second-order valence-corrected chi connectivity index (χ2v) is 13.3. The van der Waals surface area contributed by atoms with Crippen LogP contribution in [0.1, 0.15) is 75.0 Å². The molecule has 0 amide bonds. The van der Waals surface area contributed by atoms with Gasteiger partial charge < -0.3 is 50.3 Å². The van der Waals surface area contributed by atoms with Crippen LogP contribution in [0.2, 0.25) is 0 Å². The predicted octanol–water partition coefficient (Wildman–Crippen LogP) is 7.98. The van der Waals surface area contributed by atoms with Crippen molar-refractivity contribution in [3.63, 3.8) is 0 Å². The average Bonchev–Trinajstić information content (AvgIpc) is 3.67. The second kappa shape index (κ2) is 12.7. The molecule has 6 aromatic rings. The molecule has 8 rings (SSSR count). The quantitative estimate of drug-likeness (QED) is 0.0850. The highest BCUT2D eigenvalue weighted by Gasteiger charge is 2.49. The Bertz CT molecular complexity index is 2230. The molecular weight excluding hydrogens is 664 g/mol. The van der Waals surface area contributed by atoms with Crippen LogP contribution in [-0.4, -0.2) is 40.9 Å². The van der Waals surface area contributed by atoms with Crippen LogP contribution in [0, 0.1) is 0 Å². The first-order valence-electron chi connectivity index (χ1n) is 16.6. The van der Waals surface area contributed by atoms with Gasteiger partial charge in [0.2, 0.25) is 0 Å². The van der Waals surface area contributed by atoms with E-state index in [1.54, 1.807) is 97.1 Å². The molecule has 6 aromatic carbocycles. The molecule has 0 aliphatic carbocycles. The number of phenolic OH excluding ortho intramolecular Hbond substituents is 8. The number of rotatable bonds is 6. The molecule has 1 fully saturated rings. The van der Waals surface area contributed by atoms with Crippen molar-refractivity contribution in [3.8, 4) is 51.7 Å². The summed E-state index contributed by atoms with van der Waals surface area (Å²) in [6, 6.07) is 31.6.